The molecule has 4 atom stereocenters. The van der Waals surface area contributed by atoms with Gasteiger partial charge in [0.25, 0.3) is 0 Å². The predicted octanol–water partition coefficient (Wildman–Crippen LogP) is 9.77. The summed E-state index contributed by atoms with van der Waals surface area (Å²) >= 11 is 0. The van der Waals surface area contributed by atoms with Crippen molar-refractivity contribution in [3.05, 3.63) is 162 Å². The van der Waals surface area contributed by atoms with Crippen molar-refractivity contribution in [2.75, 3.05) is 28.6 Å². The molecule has 2 saturated heterocycles. The molecule has 2 fully saturated rings. The molecule has 2 N–H and O–H groups in total. The van der Waals surface area contributed by atoms with E-state index in [9.17, 15) is 23.6 Å². The highest BCUT2D eigenvalue weighted by Gasteiger charge is 2.40. The van der Waals surface area contributed by atoms with Crippen LogP contribution in [0.3, 0.4) is 0 Å². The Kier molecular flexibility index (Phi) is 14.2. The van der Waals surface area contributed by atoms with Gasteiger partial charge in [-0.15, -0.1) is 0 Å². The Morgan fingerprint density at radius 2 is 0.952 bits per heavy atom. The van der Waals surface area contributed by atoms with E-state index in [1.165, 1.54) is 12.1 Å². The summed E-state index contributed by atoms with van der Waals surface area (Å²) in [6.07, 6.45) is 2.77. The van der Waals surface area contributed by atoms with Gasteiger partial charge in [-0.3, -0.25) is 19.2 Å². The first-order chi connectivity index (χ1) is 30.0. The number of benzene rings is 5. The molecule has 9 nitrogen and oxygen atoms in total. The fourth-order valence-electron chi connectivity index (χ4n) is 9.08. The molecule has 2 aliphatic rings. The van der Waals surface area contributed by atoms with E-state index in [0.29, 0.717) is 50.4 Å². The summed E-state index contributed by atoms with van der Waals surface area (Å²) in [6.45, 7) is 10.3. The third kappa shape index (κ3) is 10.4. The van der Waals surface area contributed by atoms with Crippen LogP contribution in [-0.4, -0.2) is 58.6 Å². The molecule has 2 aliphatic heterocycles. The number of hydrogen-bond acceptors (Lipinski definition) is 5. The van der Waals surface area contributed by atoms with Gasteiger partial charge in [0.15, 0.2) is 0 Å². The molecule has 7 rings (SSSR count). The van der Waals surface area contributed by atoms with Crippen molar-refractivity contribution in [3.63, 3.8) is 0 Å². The number of amides is 4. The maximum Gasteiger partial charge on any atom is 0.247 e. The van der Waals surface area contributed by atoms with Crippen LogP contribution in [-0.2, 0) is 32.3 Å². The average Bonchev–Trinajstić information content (AvgIpc) is 3.98. The zero-order valence-corrected chi connectivity index (χ0v) is 36.2. The second kappa shape index (κ2) is 20.1. The largest absolute Gasteiger partial charge is 0.363 e. The summed E-state index contributed by atoms with van der Waals surface area (Å²) in [5.41, 5.74) is 6.03. The fraction of sp³-hybridized carbons (Fsp3) is 0.346. The van der Waals surface area contributed by atoms with Crippen LogP contribution in [0.1, 0.15) is 87.5 Å². The Balaban J connectivity index is 0.983. The SMILES string of the molecule is CC(C)C(C(=O)N1CCCC1C(=O)Nc1ccc(CN(Cc2ccc(NC(=O)[C@@H]3CCCN3C(=O)C(c3ccccc3)C(C)C)cc2)c2ccc(F)cc2)cc1)c1ccccc1. The minimum Gasteiger partial charge on any atom is -0.363 e. The first-order valence-electron chi connectivity index (χ1n) is 22.0. The Morgan fingerprint density at radius 3 is 1.32 bits per heavy atom. The van der Waals surface area contributed by atoms with Crippen LogP contribution in [0.4, 0.5) is 21.5 Å². The van der Waals surface area contributed by atoms with Gasteiger partial charge in [0.2, 0.25) is 23.6 Å². The van der Waals surface area contributed by atoms with Gasteiger partial charge < -0.3 is 25.3 Å². The number of hydrogen-bond donors (Lipinski definition) is 2. The van der Waals surface area contributed by atoms with Gasteiger partial charge in [0.1, 0.15) is 17.9 Å². The van der Waals surface area contributed by atoms with Gasteiger partial charge in [-0.2, -0.15) is 0 Å². The van der Waals surface area contributed by atoms with Crippen molar-refractivity contribution in [3.8, 4) is 0 Å². The van der Waals surface area contributed by atoms with Crippen LogP contribution in [0.15, 0.2) is 133 Å². The first kappa shape index (κ1) is 43.8. The summed E-state index contributed by atoms with van der Waals surface area (Å²) in [7, 11) is 0. The van der Waals surface area contributed by atoms with Crippen molar-refractivity contribution in [2.24, 2.45) is 11.8 Å². The molecule has 4 amide bonds. The maximum absolute atomic E-state index is 14.0. The molecule has 0 spiro atoms. The molecule has 0 aliphatic carbocycles. The summed E-state index contributed by atoms with van der Waals surface area (Å²) in [5, 5.41) is 6.12. The van der Waals surface area contributed by atoms with Gasteiger partial charge in [-0.05, 0) is 108 Å². The summed E-state index contributed by atoms with van der Waals surface area (Å²) < 4.78 is 14.0. The number of rotatable bonds is 15. The van der Waals surface area contributed by atoms with E-state index in [4.69, 9.17) is 0 Å². The topological polar surface area (TPSA) is 102 Å². The van der Waals surface area contributed by atoms with Crippen molar-refractivity contribution in [2.45, 2.75) is 90.4 Å². The molecule has 2 heterocycles. The number of likely N-dealkylation sites (tertiary alicyclic amines) is 2. The smallest absolute Gasteiger partial charge is 0.247 e. The number of nitrogens with zero attached hydrogens (tertiary/aromatic N) is 3. The summed E-state index contributed by atoms with van der Waals surface area (Å²) in [4.78, 5) is 60.7. The molecule has 5 aromatic carbocycles. The number of anilines is 3. The lowest BCUT2D eigenvalue weighted by Gasteiger charge is -2.30. The summed E-state index contributed by atoms with van der Waals surface area (Å²) in [6, 6.07) is 40.3. The van der Waals surface area contributed by atoms with E-state index in [1.54, 1.807) is 21.9 Å². The molecule has 0 bridgehead atoms. The minimum atomic E-state index is -0.537. The van der Waals surface area contributed by atoms with E-state index >= 15 is 0 Å². The number of nitrogens with one attached hydrogen (secondary N) is 2. The lowest BCUT2D eigenvalue weighted by Crippen LogP contribution is -2.46. The molecule has 322 valence electrons. The van der Waals surface area contributed by atoms with Crippen LogP contribution < -0.4 is 15.5 Å². The van der Waals surface area contributed by atoms with Crippen LogP contribution in [0.25, 0.3) is 0 Å². The molecule has 62 heavy (non-hydrogen) atoms. The Hall–Kier alpha value is -6.29. The Morgan fingerprint density at radius 1 is 0.565 bits per heavy atom. The first-order valence-corrected chi connectivity index (χ1v) is 22.0. The third-order valence-electron chi connectivity index (χ3n) is 12.2. The van der Waals surface area contributed by atoms with Gasteiger partial charge >= 0.3 is 0 Å². The zero-order chi connectivity index (χ0) is 43.8. The normalized spacial score (nSPS) is 17.2. The van der Waals surface area contributed by atoms with E-state index in [2.05, 4.69) is 15.5 Å². The lowest BCUT2D eigenvalue weighted by atomic mass is 9.87. The highest BCUT2D eigenvalue weighted by Crippen LogP contribution is 2.33. The number of halogens is 1. The van der Waals surface area contributed by atoms with Crippen LogP contribution in [0, 0.1) is 17.7 Å². The standard InChI is InChI=1S/C52H58FN5O4/c1-35(2)47(39-13-7-5-8-14-39)51(61)57-31-11-17-45(57)49(59)54-42-25-19-37(20-26-42)33-56(44-29-23-41(53)24-30-44)34-38-21-27-43(28-22-38)55-50(60)46-18-12-32-58(46)52(62)48(36(3)4)40-15-9-6-10-16-40/h5-10,13-16,19-30,35-36,45-48H,11-12,17-18,31-34H2,1-4H3,(H,54,59)(H,55,60)/t45-,46?,47?,48?/m0/s1. The van der Waals surface area contributed by atoms with E-state index in [-0.39, 0.29) is 53.1 Å². The van der Waals surface area contributed by atoms with E-state index in [1.807, 2.05) is 137 Å². The van der Waals surface area contributed by atoms with Crippen LogP contribution in [0.5, 0.6) is 0 Å². The van der Waals surface area contributed by atoms with Crippen molar-refractivity contribution in [1.82, 2.24) is 9.80 Å². The Bertz CT molecular complexity index is 2140. The highest BCUT2D eigenvalue weighted by molar-refractivity contribution is 5.99. The van der Waals surface area contributed by atoms with Crippen molar-refractivity contribution in [1.29, 1.82) is 0 Å². The Labute approximate surface area is 365 Å². The second-order valence-corrected chi connectivity index (χ2v) is 17.3. The minimum absolute atomic E-state index is 0.0115. The molecule has 3 unspecified atom stereocenters. The molecule has 0 aromatic heterocycles. The maximum atomic E-state index is 14.0. The van der Waals surface area contributed by atoms with Crippen molar-refractivity contribution >= 4 is 40.7 Å². The number of carbonyl (C=O) groups excluding carboxylic acids is 4. The predicted molar refractivity (Wildman–Crippen MR) is 244 cm³/mol. The molecular weight excluding hydrogens is 778 g/mol. The van der Waals surface area contributed by atoms with E-state index < -0.39 is 12.1 Å². The quantitative estimate of drug-likeness (QED) is 0.109. The fourth-order valence-corrected chi connectivity index (χ4v) is 9.08. The third-order valence-corrected chi connectivity index (χ3v) is 12.2. The van der Waals surface area contributed by atoms with Crippen LogP contribution >= 0.6 is 0 Å². The van der Waals surface area contributed by atoms with E-state index in [0.717, 1.165) is 40.8 Å². The molecular formula is C52H58FN5O4. The average molecular weight is 836 g/mol. The second-order valence-electron chi connectivity index (χ2n) is 17.3. The monoisotopic (exact) mass is 835 g/mol. The van der Waals surface area contributed by atoms with Crippen LogP contribution in [0.2, 0.25) is 0 Å². The molecule has 0 radical (unpaired) electrons. The number of carbonyl (C=O) groups is 4. The van der Waals surface area contributed by atoms with Gasteiger partial charge in [0.05, 0.1) is 11.8 Å². The van der Waals surface area contributed by atoms with Gasteiger partial charge in [0, 0.05) is 43.2 Å². The van der Waals surface area contributed by atoms with Crippen molar-refractivity contribution < 1.29 is 23.6 Å². The molecule has 5 aromatic rings. The van der Waals surface area contributed by atoms with Gasteiger partial charge in [-0.1, -0.05) is 113 Å². The highest BCUT2D eigenvalue weighted by atomic mass is 19.1. The summed E-state index contributed by atoms with van der Waals surface area (Å²) in [5.74, 6) is -1.20. The molecule has 0 saturated carbocycles. The molecule has 10 heteroatoms. The van der Waals surface area contributed by atoms with Gasteiger partial charge in [-0.25, -0.2) is 4.39 Å². The zero-order valence-electron chi connectivity index (χ0n) is 36.2. The lowest BCUT2D eigenvalue weighted by molar-refractivity contribution is -0.139.